The normalized spacial score (nSPS) is 25.2. The number of methoxy groups -OCH3 is 1. The van der Waals surface area contributed by atoms with Gasteiger partial charge in [-0.2, -0.15) is 5.10 Å². The minimum Gasteiger partial charge on any atom is -0.497 e. The van der Waals surface area contributed by atoms with Crippen molar-refractivity contribution in [3.8, 4) is 5.75 Å². The number of Topliss-reactive ketones (excluding diaryl/α,β-unsaturated/α-hetero) is 1. The van der Waals surface area contributed by atoms with Gasteiger partial charge in [-0.25, -0.2) is 4.90 Å². The number of ketones is 1. The average Bonchev–Trinajstić information content (AvgIpc) is 3.31. The summed E-state index contributed by atoms with van der Waals surface area (Å²) in [4.78, 5) is 52.2. The predicted molar refractivity (Wildman–Crippen MR) is 117 cm³/mol. The van der Waals surface area contributed by atoms with Crippen LogP contribution in [0.2, 0.25) is 0 Å². The Morgan fingerprint density at radius 3 is 2.52 bits per heavy atom. The van der Waals surface area contributed by atoms with Crippen molar-refractivity contribution >= 4 is 35.2 Å². The number of fused-ring (bicyclic) bond motifs is 3. The number of hydrazone groups is 1. The number of carbonyl (C=O) groups is 3. The average molecular weight is 446 g/mol. The van der Waals surface area contributed by atoms with Crippen LogP contribution >= 0.6 is 0 Å². The minimum absolute atomic E-state index is 0.0847. The van der Waals surface area contributed by atoms with Crippen LogP contribution < -0.4 is 9.64 Å². The fourth-order valence-corrected chi connectivity index (χ4v) is 4.77. The summed E-state index contributed by atoms with van der Waals surface area (Å²) in [7, 11) is 1.51. The Kier molecular flexibility index (Phi) is 4.77. The van der Waals surface area contributed by atoms with Crippen molar-refractivity contribution in [1.82, 2.24) is 5.01 Å². The van der Waals surface area contributed by atoms with Gasteiger partial charge in [0, 0.05) is 23.9 Å². The summed E-state index contributed by atoms with van der Waals surface area (Å²) in [6.45, 7) is 0. The molecule has 5 rings (SSSR count). The number of allylic oxidation sites excluding steroid dienone is 1. The molecule has 166 valence electrons. The first-order chi connectivity index (χ1) is 15.9. The van der Waals surface area contributed by atoms with Gasteiger partial charge in [-0.15, -0.1) is 0 Å². The summed E-state index contributed by atoms with van der Waals surface area (Å²) < 4.78 is 5.14. The van der Waals surface area contributed by atoms with E-state index in [0.29, 0.717) is 11.4 Å². The standard InChI is InChI=1S/C23H18N4O6/c1-33-16-9-7-14(8-10-16)25-22(29)18-17-6-3-11-24-26(17)20(19(18)23(25)30)21(28)13-4-2-5-15(12-13)27(31)32/h2-12,17-20H,1H3/t17-,18-,19+,20-/m0/s1. The van der Waals surface area contributed by atoms with Crippen molar-refractivity contribution in [2.24, 2.45) is 16.9 Å². The zero-order valence-electron chi connectivity index (χ0n) is 17.4. The molecule has 0 bridgehead atoms. The van der Waals surface area contributed by atoms with E-state index in [1.54, 1.807) is 36.4 Å². The van der Waals surface area contributed by atoms with Crippen LogP contribution in [-0.2, 0) is 9.59 Å². The quantitative estimate of drug-likeness (QED) is 0.299. The molecular weight excluding hydrogens is 428 g/mol. The molecule has 0 unspecified atom stereocenters. The van der Waals surface area contributed by atoms with E-state index < -0.39 is 46.4 Å². The van der Waals surface area contributed by atoms with E-state index in [4.69, 9.17) is 4.74 Å². The highest BCUT2D eigenvalue weighted by Crippen LogP contribution is 2.46. The van der Waals surface area contributed by atoms with E-state index in [-0.39, 0.29) is 11.3 Å². The number of nitro groups is 1. The highest BCUT2D eigenvalue weighted by atomic mass is 16.6. The van der Waals surface area contributed by atoms with Crippen LogP contribution in [0.15, 0.2) is 65.8 Å². The number of amides is 2. The zero-order chi connectivity index (χ0) is 23.3. The van der Waals surface area contributed by atoms with E-state index in [1.807, 2.05) is 0 Å². The highest BCUT2D eigenvalue weighted by Gasteiger charge is 2.64. The lowest BCUT2D eigenvalue weighted by Gasteiger charge is -2.30. The summed E-state index contributed by atoms with van der Waals surface area (Å²) in [5.41, 5.74) is 0.237. The molecule has 10 heteroatoms. The van der Waals surface area contributed by atoms with Crippen LogP contribution in [0.25, 0.3) is 0 Å². The van der Waals surface area contributed by atoms with Gasteiger partial charge in [-0.05, 0) is 30.3 Å². The van der Waals surface area contributed by atoms with Gasteiger partial charge in [0.2, 0.25) is 11.8 Å². The van der Waals surface area contributed by atoms with E-state index in [0.717, 1.165) is 4.90 Å². The first-order valence-electron chi connectivity index (χ1n) is 10.2. The number of benzene rings is 2. The van der Waals surface area contributed by atoms with Crippen molar-refractivity contribution in [1.29, 1.82) is 0 Å². The summed E-state index contributed by atoms with van der Waals surface area (Å²) in [6.07, 6.45) is 4.90. The zero-order valence-corrected chi connectivity index (χ0v) is 17.4. The lowest BCUT2D eigenvalue weighted by atomic mass is 9.86. The first-order valence-corrected chi connectivity index (χ1v) is 10.2. The maximum atomic E-state index is 13.5. The molecule has 33 heavy (non-hydrogen) atoms. The number of ether oxygens (including phenoxy) is 1. The molecule has 2 aromatic rings. The molecule has 0 saturated carbocycles. The Balaban J connectivity index is 1.55. The SMILES string of the molecule is COc1ccc(N2C(=O)[C@@H]3[C@@H](C2=O)[C@@H]2C=CC=NN2[C@@H]3C(=O)c2cccc([N+](=O)[O-])c2)cc1. The molecule has 2 fully saturated rings. The molecule has 0 N–H and O–H groups in total. The topological polar surface area (TPSA) is 122 Å². The number of nitro benzene ring substituents is 1. The van der Waals surface area contributed by atoms with Crippen molar-refractivity contribution in [2.75, 3.05) is 12.0 Å². The fourth-order valence-electron chi connectivity index (χ4n) is 4.77. The van der Waals surface area contributed by atoms with Crippen molar-refractivity contribution in [2.45, 2.75) is 12.1 Å². The van der Waals surface area contributed by atoms with Crippen LogP contribution in [-0.4, -0.2) is 52.9 Å². The van der Waals surface area contributed by atoms with Crippen LogP contribution in [0, 0.1) is 22.0 Å². The second kappa shape index (κ2) is 7.66. The van der Waals surface area contributed by atoms with Crippen molar-refractivity contribution < 1.29 is 24.0 Å². The number of rotatable bonds is 5. The van der Waals surface area contributed by atoms with Gasteiger partial charge in [0.25, 0.3) is 5.69 Å². The number of imide groups is 1. The summed E-state index contributed by atoms with van der Waals surface area (Å²) in [5.74, 6) is -2.62. The third kappa shape index (κ3) is 3.10. The fraction of sp³-hybridized carbons (Fsp3) is 0.217. The number of hydrogen-bond acceptors (Lipinski definition) is 8. The lowest BCUT2D eigenvalue weighted by Crippen LogP contribution is -2.46. The smallest absolute Gasteiger partial charge is 0.270 e. The van der Waals surface area contributed by atoms with Crippen LogP contribution in [0.5, 0.6) is 5.75 Å². The third-order valence-corrected chi connectivity index (χ3v) is 6.23. The van der Waals surface area contributed by atoms with Gasteiger partial charge in [0.15, 0.2) is 5.78 Å². The summed E-state index contributed by atoms with van der Waals surface area (Å²) >= 11 is 0. The Morgan fingerprint density at radius 2 is 1.82 bits per heavy atom. The number of nitrogens with zero attached hydrogens (tertiary/aromatic N) is 4. The molecule has 0 aliphatic carbocycles. The maximum absolute atomic E-state index is 13.5. The molecule has 0 spiro atoms. The Labute approximate surface area is 187 Å². The van der Waals surface area contributed by atoms with Gasteiger partial charge >= 0.3 is 0 Å². The van der Waals surface area contributed by atoms with Crippen molar-refractivity contribution in [3.05, 3.63) is 76.4 Å². The van der Waals surface area contributed by atoms with Crippen LogP contribution in [0.1, 0.15) is 10.4 Å². The molecule has 0 aromatic heterocycles. The second-order valence-electron chi connectivity index (χ2n) is 7.90. The molecule has 2 amide bonds. The molecule has 3 aliphatic heterocycles. The van der Waals surface area contributed by atoms with Gasteiger partial charge in [0.05, 0.1) is 35.6 Å². The van der Waals surface area contributed by atoms with Gasteiger partial charge in [-0.3, -0.25) is 29.5 Å². The van der Waals surface area contributed by atoms with Gasteiger partial charge in [0.1, 0.15) is 11.8 Å². The highest BCUT2D eigenvalue weighted by molar-refractivity contribution is 6.24. The molecule has 0 radical (unpaired) electrons. The van der Waals surface area contributed by atoms with E-state index in [1.165, 1.54) is 42.6 Å². The van der Waals surface area contributed by atoms with E-state index in [2.05, 4.69) is 5.10 Å². The van der Waals surface area contributed by atoms with Gasteiger partial charge < -0.3 is 4.74 Å². The molecule has 3 heterocycles. The Morgan fingerprint density at radius 1 is 1.09 bits per heavy atom. The minimum atomic E-state index is -1.07. The molecular formula is C23H18N4O6. The summed E-state index contributed by atoms with van der Waals surface area (Å²) in [5, 5.41) is 16.9. The van der Waals surface area contributed by atoms with Crippen molar-refractivity contribution in [3.63, 3.8) is 0 Å². The summed E-state index contributed by atoms with van der Waals surface area (Å²) in [6, 6.07) is 10.2. The first kappa shape index (κ1) is 20.6. The maximum Gasteiger partial charge on any atom is 0.270 e. The predicted octanol–water partition coefficient (Wildman–Crippen LogP) is 2.20. The number of hydrogen-bond donors (Lipinski definition) is 0. The number of anilines is 1. The van der Waals surface area contributed by atoms with Crippen LogP contribution in [0.4, 0.5) is 11.4 Å². The molecule has 4 atom stereocenters. The second-order valence-corrected chi connectivity index (χ2v) is 7.90. The van der Waals surface area contributed by atoms with Gasteiger partial charge in [-0.1, -0.05) is 18.2 Å². The third-order valence-electron chi connectivity index (χ3n) is 6.23. The molecule has 3 aliphatic rings. The van der Waals surface area contributed by atoms with E-state index in [9.17, 15) is 24.5 Å². The lowest BCUT2D eigenvalue weighted by molar-refractivity contribution is -0.384. The molecule has 2 aromatic carbocycles. The Hall–Kier alpha value is -4.34. The number of carbonyl (C=O) groups excluding carboxylic acids is 3. The van der Waals surface area contributed by atoms with E-state index >= 15 is 0 Å². The molecule has 10 nitrogen and oxygen atoms in total. The largest absolute Gasteiger partial charge is 0.497 e. The Bertz CT molecular complexity index is 1240. The number of non-ortho nitro benzene ring substituents is 1. The monoisotopic (exact) mass is 446 g/mol. The van der Waals surface area contributed by atoms with Crippen LogP contribution in [0.3, 0.4) is 0 Å². The molecule has 2 saturated heterocycles.